The van der Waals surface area contributed by atoms with E-state index in [1.807, 2.05) is 13.8 Å². The Labute approximate surface area is 115 Å². The first-order chi connectivity index (χ1) is 8.74. The van der Waals surface area contributed by atoms with Crippen LogP contribution < -0.4 is 11.1 Å². The number of nitrogens with two attached hydrogens (primary N) is 1. The lowest BCUT2D eigenvalue weighted by Crippen LogP contribution is -2.43. The fourth-order valence-corrected chi connectivity index (χ4v) is 2.82. The Balaban J connectivity index is 2.18. The molecule has 0 saturated carbocycles. The number of benzene rings is 1. The molecule has 0 aromatic heterocycles. The zero-order chi connectivity index (χ0) is 14.3. The van der Waals surface area contributed by atoms with Gasteiger partial charge in [-0.25, -0.2) is 0 Å². The average molecular weight is 260 g/mol. The standard InChI is InChI=1S/C16H24N2O/c1-15(2)9-11-7-5-6-8-12(11)13(15)18-10-16(3,4)14(17)19/h5-8,13,18H,9-10H2,1-4H3,(H2,17,19). The lowest BCUT2D eigenvalue weighted by atomic mass is 9.84. The predicted molar refractivity (Wildman–Crippen MR) is 77.6 cm³/mol. The molecular formula is C16H24N2O. The van der Waals surface area contributed by atoms with E-state index in [0.717, 1.165) is 6.42 Å². The van der Waals surface area contributed by atoms with E-state index in [4.69, 9.17) is 5.73 Å². The summed E-state index contributed by atoms with van der Waals surface area (Å²) in [5.74, 6) is -0.260. The van der Waals surface area contributed by atoms with Crippen molar-refractivity contribution in [1.29, 1.82) is 0 Å². The van der Waals surface area contributed by atoms with Crippen molar-refractivity contribution in [3.63, 3.8) is 0 Å². The van der Waals surface area contributed by atoms with Gasteiger partial charge in [-0.15, -0.1) is 0 Å². The van der Waals surface area contributed by atoms with Crippen LogP contribution in [-0.2, 0) is 11.2 Å². The van der Waals surface area contributed by atoms with Crippen LogP contribution in [0.4, 0.5) is 0 Å². The summed E-state index contributed by atoms with van der Waals surface area (Å²) in [6.07, 6.45) is 1.07. The summed E-state index contributed by atoms with van der Waals surface area (Å²) in [7, 11) is 0. The molecule has 1 atom stereocenters. The molecule has 1 unspecified atom stereocenters. The second-order valence-corrected chi connectivity index (χ2v) is 6.93. The van der Waals surface area contributed by atoms with Gasteiger partial charge in [0.15, 0.2) is 0 Å². The highest BCUT2D eigenvalue weighted by Gasteiger charge is 2.39. The van der Waals surface area contributed by atoms with E-state index in [1.165, 1.54) is 11.1 Å². The molecule has 1 amide bonds. The van der Waals surface area contributed by atoms with E-state index in [0.29, 0.717) is 6.54 Å². The minimum atomic E-state index is -0.520. The summed E-state index contributed by atoms with van der Waals surface area (Å²) in [5, 5.41) is 3.55. The third kappa shape index (κ3) is 2.66. The fourth-order valence-electron chi connectivity index (χ4n) is 2.82. The Kier molecular flexibility index (Phi) is 3.43. The summed E-state index contributed by atoms with van der Waals surface area (Å²) in [4.78, 5) is 11.4. The molecular weight excluding hydrogens is 236 g/mol. The molecule has 3 N–H and O–H groups in total. The Morgan fingerprint density at radius 3 is 2.68 bits per heavy atom. The topological polar surface area (TPSA) is 55.1 Å². The highest BCUT2D eigenvalue weighted by molar-refractivity contribution is 5.80. The van der Waals surface area contributed by atoms with Crippen molar-refractivity contribution in [3.8, 4) is 0 Å². The smallest absolute Gasteiger partial charge is 0.224 e. The zero-order valence-electron chi connectivity index (χ0n) is 12.3. The fraction of sp³-hybridized carbons (Fsp3) is 0.562. The third-order valence-electron chi connectivity index (χ3n) is 4.21. The Morgan fingerprint density at radius 1 is 1.42 bits per heavy atom. The number of hydrogen-bond acceptors (Lipinski definition) is 2. The molecule has 0 bridgehead atoms. The van der Waals surface area contributed by atoms with Crippen molar-refractivity contribution in [2.24, 2.45) is 16.6 Å². The molecule has 0 radical (unpaired) electrons. The van der Waals surface area contributed by atoms with Crippen LogP contribution in [0.15, 0.2) is 24.3 Å². The van der Waals surface area contributed by atoms with Gasteiger partial charge in [0.1, 0.15) is 0 Å². The van der Waals surface area contributed by atoms with Gasteiger partial charge in [0.05, 0.1) is 5.41 Å². The van der Waals surface area contributed by atoms with Crippen LogP contribution in [0.3, 0.4) is 0 Å². The Morgan fingerprint density at radius 2 is 2.05 bits per heavy atom. The Hall–Kier alpha value is -1.35. The average Bonchev–Trinajstić information content (AvgIpc) is 2.56. The van der Waals surface area contributed by atoms with Gasteiger partial charge >= 0.3 is 0 Å². The molecule has 0 heterocycles. The highest BCUT2D eigenvalue weighted by Crippen LogP contribution is 2.45. The molecule has 0 aliphatic heterocycles. The number of primary amides is 1. The maximum Gasteiger partial charge on any atom is 0.224 e. The number of amides is 1. The number of hydrogen-bond donors (Lipinski definition) is 2. The summed E-state index contributed by atoms with van der Waals surface area (Å²) < 4.78 is 0. The molecule has 104 valence electrons. The second-order valence-electron chi connectivity index (χ2n) is 6.93. The van der Waals surface area contributed by atoms with Crippen LogP contribution in [0.2, 0.25) is 0 Å². The van der Waals surface area contributed by atoms with Crippen LogP contribution in [0, 0.1) is 10.8 Å². The van der Waals surface area contributed by atoms with Crippen molar-refractivity contribution in [2.75, 3.05) is 6.54 Å². The van der Waals surface area contributed by atoms with Gasteiger partial charge in [0.2, 0.25) is 5.91 Å². The molecule has 1 aromatic rings. The third-order valence-corrected chi connectivity index (χ3v) is 4.21. The molecule has 1 aromatic carbocycles. The summed E-state index contributed by atoms with van der Waals surface area (Å²) in [6.45, 7) is 8.90. The van der Waals surface area contributed by atoms with Gasteiger partial charge in [-0.3, -0.25) is 4.79 Å². The van der Waals surface area contributed by atoms with E-state index in [9.17, 15) is 4.79 Å². The second kappa shape index (κ2) is 4.64. The maximum atomic E-state index is 11.4. The van der Waals surface area contributed by atoms with Gasteiger partial charge in [-0.2, -0.15) is 0 Å². The zero-order valence-corrected chi connectivity index (χ0v) is 12.3. The van der Waals surface area contributed by atoms with Gasteiger partial charge in [-0.05, 0) is 36.8 Å². The van der Waals surface area contributed by atoms with E-state index >= 15 is 0 Å². The van der Waals surface area contributed by atoms with Crippen LogP contribution >= 0.6 is 0 Å². The molecule has 1 aliphatic rings. The lowest BCUT2D eigenvalue weighted by molar-refractivity contribution is -0.125. The lowest BCUT2D eigenvalue weighted by Gasteiger charge is -2.32. The number of rotatable bonds is 4. The summed E-state index contributed by atoms with van der Waals surface area (Å²) in [6, 6.07) is 8.82. The maximum absolute atomic E-state index is 11.4. The van der Waals surface area contributed by atoms with Gasteiger partial charge in [-0.1, -0.05) is 38.1 Å². The quantitative estimate of drug-likeness (QED) is 0.873. The summed E-state index contributed by atoms with van der Waals surface area (Å²) in [5.41, 5.74) is 7.84. The van der Waals surface area contributed by atoms with Crippen LogP contribution in [-0.4, -0.2) is 12.5 Å². The minimum absolute atomic E-state index is 0.164. The monoisotopic (exact) mass is 260 g/mol. The van der Waals surface area contributed by atoms with Crippen molar-refractivity contribution < 1.29 is 4.79 Å². The molecule has 2 rings (SSSR count). The van der Waals surface area contributed by atoms with E-state index in [1.54, 1.807) is 0 Å². The van der Waals surface area contributed by atoms with Gasteiger partial charge in [0, 0.05) is 12.6 Å². The van der Waals surface area contributed by atoms with Gasteiger partial charge in [0.25, 0.3) is 0 Å². The van der Waals surface area contributed by atoms with Crippen LogP contribution in [0.1, 0.15) is 44.9 Å². The van der Waals surface area contributed by atoms with E-state index in [-0.39, 0.29) is 17.4 Å². The van der Waals surface area contributed by atoms with E-state index in [2.05, 4.69) is 43.4 Å². The van der Waals surface area contributed by atoms with Crippen molar-refractivity contribution in [3.05, 3.63) is 35.4 Å². The first-order valence-electron chi connectivity index (χ1n) is 6.85. The van der Waals surface area contributed by atoms with Crippen molar-refractivity contribution >= 4 is 5.91 Å². The van der Waals surface area contributed by atoms with Crippen molar-refractivity contribution in [2.45, 2.75) is 40.2 Å². The first kappa shape index (κ1) is 14.1. The molecule has 1 aliphatic carbocycles. The predicted octanol–water partition coefficient (Wildman–Crippen LogP) is 2.41. The molecule has 0 fully saturated rings. The minimum Gasteiger partial charge on any atom is -0.369 e. The Bertz CT molecular complexity index is 491. The number of carbonyl (C=O) groups excluding carboxylic acids is 1. The SMILES string of the molecule is CC(C)(CNC1c2ccccc2CC1(C)C)C(N)=O. The largest absolute Gasteiger partial charge is 0.369 e. The van der Waals surface area contributed by atoms with Crippen LogP contribution in [0.25, 0.3) is 0 Å². The normalized spacial score (nSPS) is 21.2. The summed E-state index contributed by atoms with van der Waals surface area (Å²) >= 11 is 0. The molecule has 19 heavy (non-hydrogen) atoms. The van der Waals surface area contributed by atoms with Gasteiger partial charge < -0.3 is 11.1 Å². The van der Waals surface area contributed by atoms with Crippen molar-refractivity contribution in [1.82, 2.24) is 5.32 Å². The van der Waals surface area contributed by atoms with Crippen LogP contribution in [0.5, 0.6) is 0 Å². The molecule has 3 nitrogen and oxygen atoms in total. The number of fused-ring (bicyclic) bond motifs is 1. The molecule has 3 heteroatoms. The van der Waals surface area contributed by atoms with E-state index < -0.39 is 5.41 Å². The number of nitrogens with one attached hydrogen (secondary N) is 1. The first-order valence-corrected chi connectivity index (χ1v) is 6.85. The molecule has 0 spiro atoms. The number of carbonyl (C=O) groups is 1. The highest BCUT2D eigenvalue weighted by atomic mass is 16.1. The molecule has 0 saturated heterocycles.